The number of hydrogen-bond donors (Lipinski definition) is 1. The Morgan fingerprint density at radius 1 is 1.50 bits per heavy atom. The van der Waals surface area contributed by atoms with E-state index in [-0.39, 0.29) is 12.1 Å². The Balaban J connectivity index is 2.13. The van der Waals surface area contributed by atoms with E-state index in [4.69, 9.17) is 4.74 Å². The van der Waals surface area contributed by atoms with Crippen LogP contribution in [0.3, 0.4) is 0 Å². The van der Waals surface area contributed by atoms with Gasteiger partial charge in [-0.2, -0.15) is 0 Å². The minimum atomic E-state index is 0.194. The summed E-state index contributed by atoms with van der Waals surface area (Å²) in [5, 5.41) is 3.19. The lowest BCUT2D eigenvalue weighted by Crippen LogP contribution is -2.39. The molecule has 1 N–H and O–H groups in total. The molecular formula is C12H24N2O2. The van der Waals surface area contributed by atoms with E-state index in [1.165, 1.54) is 0 Å². The molecule has 4 heteroatoms. The zero-order valence-electron chi connectivity index (χ0n) is 10.7. The number of nitrogens with zero attached hydrogens (tertiary/aromatic N) is 1. The van der Waals surface area contributed by atoms with Gasteiger partial charge in [-0.1, -0.05) is 20.8 Å². The summed E-state index contributed by atoms with van der Waals surface area (Å²) >= 11 is 0. The van der Waals surface area contributed by atoms with Crippen molar-refractivity contribution in [1.82, 2.24) is 10.2 Å². The number of nitrogens with one attached hydrogen (secondary N) is 1. The van der Waals surface area contributed by atoms with Crippen molar-refractivity contribution in [2.24, 2.45) is 5.92 Å². The van der Waals surface area contributed by atoms with Crippen molar-refractivity contribution in [3.05, 3.63) is 0 Å². The lowest BCUT2D eigenvalue weighted by Gasteiger charge is -2.23. The first-order valence-electron chi connectivity index (χ1n) is 6.25. The molecular weight excluding hydrogens is 204 g/mol. The zero-order valence-corrected chi connectivity index (χ0v) is 10.7. The van der Waals surface area contributed by atoms with Crippen molar-refractivity contribution in [2.75, 3.05) is 26.3 Å². The number of hydrogen-bond acceptors (Lipinski definition) is 3. The fraction of sp³-hybridized carbons (Fsp3) is 0.917. The van der Waals surface area contributed by atoms with Crippen molar-refractivity contribution in [1.29, 1.82) is 0 Å². The third-order valence-corrected chi connectivity index (χ3v) is 2.89. The average molecular weight is 228 g/mol. The van der Waals surface area contributed by atoms with Crippen molar-refractivity contribution in [2.45, 2.75) is 39.8 Å². The maximum Gasteiger partial charge on any atom is 0.237 e. The van der Waals surface area contributed by atoms with Crippen LogP contribution in [0, 0.1) is 5.92 Å². The second kappa shape index (κ2) is 6.86. The van der Waals surface area contributed by atoms with E-state index in [1.807, 2.05) is 4.90 Å². The smallest absolute Gasteiger partial charge is 0.237 e. The molecule has 0 bridgehead atoms. The van der Waals surface area contributed by atoms with E-state index in [0.29, 0.717) is 25.6 Å². The molecule has 0 aromatic heterocycles. The lowest BCUT2D eigenvalue weighted by atomic mass is 10.1. The Bertz CT molecular complexity index is 219. The summed E-state index contributed by atoms with van der Waals surface area (Å²) in [5.74, 6) is 0.873. The second-order valence-electron chi connectivity index (χ2n) is 4.69. The van der Waals surface area contributed by atoms with Gasteiger partial charge >= 0.3 is 0 Å². The molecule has 0 aromatic carbocycles. The van der Waals surface area contributed by atoms with Gasteiger partial charge in [-0.3, -0.25) is 10.1 Å². The minimum absolute atomic E-state index is 0.194. The van der Waals surface area contributed by atoms with Crippen molar-refractivity contribution in [3.8, 4) is 0 Å². The molecule has 16 heavy (non-hydrogen) atoms. The van der Waals surface area contributed by atoms with Gasteiger partial charge in [0.1, 0.15) is 0 Å². The molecule has 1 saturated heterocycles. The Hall–Kier alpha value is -0.610. The van der Waals surface area contributed by atoms with Gasteiger partial charge in [0.05, 0.1) is 19.3 Å². The summed E-state index contributed by atoms with van der Waals surface area (Å²) in [7, 11) is 0. The average Bonchev–Trinajstić information content (AvgIpc) is 2.59. The van der Waals surface area contributed by atoms with Gasteiger partial charge in [0.2, 0.25) is 5.91 Å². The van der Waals surface area contributed by atoms with Crippen LogP contribution in [0.4, 0.5) is 0 Å². The third-order valence-electron chi connectivity index (χ3n) is 2.89. The zero-order chi connectivity index (χ0) is 12.0. The summed E-state index contributed by atoms with van der Waals surface area (Å²) < 4.78 is 5.53. The molecule has 94 valence electrons. The lowest BCUT2D eigenvalue weighted by molar-refractivity contribution is -0.128. The molecule has 1 amide bonds. The molecule has 0 aliphatic carbocycles. The number of ether oxygens (including phenoxy) is 1. The standard InChI is InChI=1S/C12H24N2O2/c1-4-11-13-9-12(15)14(11)6-8-16-7-5-10(2)3/h10-11,13H,4-9H2,1-3H3. The van der Waals surface area contributed by atoms with E-state index < -0.39 is 0 Å². The minimum Gasteiger partial charge on any atom is -0.380 e. The van der Waals surface area contributed by atoms with E-state index in [9.17, 15) is 4.79 Å². The Kier molecular flexibility index (Phi) is 5.77. The molecule has 1 atom stereocenters. The third kappa shape index (κ3) is 4.10. The highest BCUT2D eigenvalue weighted by Gasteiger charge is 2.28. The molecule has 0 spiro atoms. The van der Waals surface area contributed by atoms with Gasteiger partial charge in [-0.25, -0.2) is 0 Å². The van der Waals surface area contributed by atoms with Crippen LogP contribution in [-0.4, -0.2) is 43.3 Å². The maximum absolute atomic E-state index is 11.5. The van der Waals surface area contributed by atoms with E-state index in [2.05, 4.69) is 26.1 Å². The molecule has 0 saturated carbocycles. The Labute approximate surface area is 98.3 Å². The molecule has 1 aliphatic rings. The maximum atomic E-state index is 11.5. The Morgan fingerprint density at radius 2 is 2.25 bits per heavy atom. The predicted octanol–water partition coefficient (Wildman–Crippen LogP) is 1.22. The highest BCUT2D eigenvalue weighted by Crippen LogP contribution is 2.07. The van der Waals surface area contributed by atoms with Crippen LogP contribution >= 0.6 is 0 Å². The monoisotopic (exact) mass is 228 g/mol. The molecule has 1 fully saturated rings. The van der Waals surface area contributed by atoms with Crippen LogP contribution in [0.5, 0.6) is 0 Å². The number of carbonyl (C=O) groups is 1. The van der Waals surface area contributed by atoms with Gasteiger partial charge in [-0.05, 0) is 18.8 Å². The quantitative estimate of drug-likeness (QED) is 0.666. The summed E-state index contributed by atoms with van der Waals surface area (Å²) in [6, 6.07) is 0. The van der Waals surface area contributed by atoms with Gasteiger partial charge in [-0.15, -0.1) is 0 Å². The first-order valence-corrected chi connectivity index (χ1v) is 6.25. The first-order chi connectivity index (χ1) is 7.65. The molecule has 1 heterocycles. The molecule has 1 unspecified atom stereocenters. The summed E-state index contributed by atoms with van der Waals surface area (Å²) in [4.78, 5) is 13.4. The highest BCUT2D eigenvalue weighted by atomic mass is 16.5. The van der Waals surface area contributed by atoms with Crippen LogP contribution in [0.25, 0.3) is 0 Å². The van der Waals surface area contributed by atoms with Crippen LogP contribution in [0.1, 0.15) is 33.6 Å². The highest BCUT2D eigenvalue weighted by molar-refractivity contribution is 5.80. The largest absolute Gasteiger partial charge is 0.380 e. The van der Waals surface area contributed by atoms with Crippen molar-refractivity contribution in [3.63, 3.8) is 0 Å². The van der Waals surface area contributed by atoms with E-state index in [1.54, 1.807) is 0 Å². The summed E-state index contributed by atoms with van der Waals surface area (Å²) in [5.41, 5.74) is 0. The van der Waals surface area contributed by atoms with E-state index >= 15 is 0 Å². The fourth-order valence-corrected chi connectivity index (χ4v) is 1.82. The molecule has 4 nitrogen and oxygen atoms in total. The topological polar surface area (TPSA) is 41.6 Å². The van der Waals surface area contributed by atoms with Gasteiger partial charge in [0.25, 0.3) is 0 Å². The van der Waals surface area contributed by atoms with Crippen LogP contribution < -0.4 is 5.32 Å². The number of rotatable bonds is 7. The molecule has 0 radical (unpaired) electrons. The normalized spacial score (nSPS) is 21.1. The van der Waals surface area contributed by atoms with Crippen molar-refractivity contribution >= 4 is 5.91 Å². The predicted molar refractivity (Wildman–Crippen MR) is 64.1 cm³/mol. The van der Waals surface area contributed by atoms with Gasteiger partial charge in [0, 0.05) is 13.2 Å². The summed E-state index contributed by atoms with van der Waals surface area (Å²) in [6.07, 6.45) is 2.25. The molecule has 1 aliphatic heterocycles. The fourth-order valence-electron chi connectivity index (χ4n) is 1.82. The van der Waals surface area contributed by atoms with Gasteiger partial charge in [0.15, 0.2) is 0 Å². The Morgan fingerprint density at radius 3 is 2.88 bits per heavy atom. The SMILES string of the molecule is CCC1NCC(=O)N1CCOCCC(C)C. The molecule has 1 rings (SSSR count). The summed E-state index contributed by atoms with van der Waals surface area (Å²) in [6.45, 7) is 9.09. The second-order valence-corrected chi connectivity index (χ2v) is 4.69. The van der Waals surface area contributed by atoms with E-state index in [0.717, 1.165) is 19.4 Å². The first kappa shape index (κ1) is 13.5. The van der Waals surface area contributed by atoms with Crippen LogP contribution in [0.2, 0.25) is 0 Å². The van der Waals surface area contributed by atoms with Gasteiger partial charge < -0.3 is 9.64 Å². The van der Waals surface area contributed by atoms with Crippen LogP contribution in [0.15, 0.2) is 0 Å². The van der Waals surface area contributed by atoms with Crippen LogP contribution in [-0.2, 0) is 9.53 Å². The number of amides is 1. The molecule has 0 aromatic rings. The van der Waals surface area contributed by atoms with Crippen molar-refractivity contribution < 1.29 is 9.53 Å². The number of carbonyl (C=O) groups excluding carboxylic acids is 1.